The second kappa shape index (κ2) is 8.38. The fourth-order valence-electron chi connectivity index (χ4n) is 3.52. The monoisotopic (exact) mass is 420 g/mol. The Morgan fingerprint density at radius 1 is 1.25 bits per heavy atom. The molecular formula is C18H23F3N2O4S. The second-order valence-electron chi connectivity index (χ2n) is 7.11. The normalized spacial score (nSPS) is 24.2. The number of sulfonamides is 1. The topological polar surface area (TPSA) is 75.7 Å². The predicted molar refractivity (Wildman–Crippen MR) is 94.9 cm³/mol. The Bertz CT molecular complexity index is 807. The van der Waals surface area contributed by atoms with Gasteiger partial charge in [-0.05, 0) is 43.9 Å². The summed E-state index contributed by atoms with van der Waals surface area (Å²) in [7, 11) is -4.11. The molecule has 156 valence electrons. The minimum Gasteiger partial charge on any atom is -0.376 e. The van der Waals surface area contributed by atoms with Crippen LogP contribution in [-0.2, 0) is 25.7 Å². The molecule has 1 N–H and O–H groups in total. The highest BCUT2D eigenvalue weighted by Crippen LogP contribution is 2.32. The van der Waals surface area contributed by atoms with Gasteiger partial charge in [0.15, 0.2) is 0 Å². The summed E-state index contributed by atoms with van der Waals surface area (Å²) in [5.41, 5.74) is -1.02. The van der Waals surface area contributed by atoms with Crippen molar-refractivity contribution in [3.8, 4) is 0 Å². The third kappa shape index (κ3) is 4.84. The molecule has 2 fully saturated rings. The molecule has 0 aliphatic carbocycles. The average Bonchev–Trinajstić information content (AvgIpc) is 3.19. The second-order valence-corrected chi connectivity index (χ2v) is 9.05. The number of alkyl halides is 3. The van der Waals surface area contributed by atoms with Crippen LogP contribution < -0.4 is 5.32 Å². The molecule has 0 aromatic heterocycles. The summed E-state index contributed by atoms with van der Waals surface area (Å²) in [5.74, 6) is -0.782. The van der Waals surface area contributed by atoms with E-state index < -0.39 is 32.6 Å². The van der Waals surface area contributed by atoms with Crippen LogP contribution in [-0.4, -0.2) is 51.0 Å². The molecule has 2 aliphatic heterocycles. The molecule has 6 nitrogen and oxygen atoms in total. The summed E-state index contributed by atoms with van der Waals surface area (Å²) in [6.07, 6.45) is -1.81. The highest BCUT2D eigenvalue weighted by molar-refractivity contribution is 7.89. The predicted octanol–water partition coefficient (Wildman–Crippen LogP) is 2.40. The summed E-state index contributed by atoms with van der Waals surface area (Å²) in [5, 5.41) is 2.80. The van der Waals surface area contributed by atoms with Gasteiger partial charge >= 0.3 is 6.18 Å². The highest BCUT2D eigenvalue weighted by Gasteiger charge is 2.36. The minimum absolute atomic E-state index is 0.0162. The lowest BCUT2D eigenvalue weighted by Gasteiger charge is -2.31. The van der Waals surface area contributed by atoms with Crippen molar-refractivity contribution >= 4 is 15.9 Å². The molecular weight excluding hydrogens is 397 g/mol. The molecule has 0 unspecified atom stereocenters. The van der Waals surface area contributed by atoms with Crippen molar-refractivity contribution in [2.24, 2.45) is 5.92 Å². The Labute approximate surface area is 162 Å². The first-order valence-corrected chi connectivity index (χ1v) is 10.7. The summed E-state index contributed by atoms with van der Waals surface area (Å²) in [6, 6.07) is 3.68. The molecule has 2 atom stereocenters. The molecule has 1 aromatic carbocycles. The van der Waals surface area contributed by atoms with E-state index in [1.165, 1.54) is 0 Å². The molecule has 3 rings (SSSR count). The van der Waals surface area contributed by atoms with Crippen molar-refractivity contribution in [1.29, 1.82) is 0 Å². The SMILES string of the molecule is O=C(NC[C@@H]1CCCO1)[C@H]1CCCN(S(=O)(=O)c2cccc(C(F)(F)F)c2)C1. The van der Waals surface area contributed by atoms with Crippen molar-refractivity contribution in [2.75, 3.05) is 26.2 Å². The van der Waals surface area contributed by atoms with Crippen molar-refractivity contribution in [1.82, 2.24) is 9.62 Å². The van der Waals surface area contributed by atoms with Gasteiger partial charge in [0.2, 0.25) is 15.9 Å². The lowest BCUT2D eigenvalue weighted by Crippen LogP contribution is -2.46. The van der Waals surface area contributed by atoms with Gasteiger partial charge in [0.1, 0.15) is 0 Å². The molecule has 1 aromatic rings. The van der Waals surface area contributed by atoms with E-state index in [2.05, 4.69) is 5.32 Å². The molecule has 0 radical (unpaired) electrons. The number of hydrogen-bond donors (Lipinski definition) is 1. The molecule has 10 heteroatoms. The first-order chi connectivity index (χ1) is 13.2. The van der Waals surface area contributed by atoms with Gasteiger partial charge in [0.05, 0.1) is 22.5 Å². The van der Waals surface area contributed by atoms with Crippen LogP contribution in [0.5, 0.6) is 0 Å². The molecule has 2 heterocycles. The van der Waals surface area contributed by atoms with Gasteiger partial charge < -0.3 is 10.1 Å². The van der Waals surface area contributed by atoms with E-state index >= 15 is 0 Å². The number of amides is 1. The van der Waals surface area contributed by atoms with Crippen LogP contribution in [0.25, 0.3) is 0 Å². The van der Waals surface area contributed by atoms with E-state index in [1.54, 1.807) is 0 Å². The Morgan fingerprint density at radius 3 is 2.71 bits per heavy atom. The zero-order chi connectivity index (χ0) is 20.4. The number of nitrogens with one attached hydrogen (secondary N) is 1. The number of carbonyl (C=O) groups excluding carboxylic acids is 1. The van der Waals surface area contributed by atoms with Crippen LogP contribution in [0.1, 0.15) is 31.2 Å². The molecule has 28 heavy (non-hydrogen) atoms. The van der Waals surface area contributed by atoms with Crippen molar-refractivity contribution < 1.29 is 31.1 Å². The van der Waals surface area contributed by atoms with E-state index in [0.717, 1.165) is 35.3 Å². The fraction of sp³-hybridized carbons (Fsp3) is 0.611. The van der Waals surface area contributed by atoms with Crippen LogP contribution >= 0.6 is 0 Å². The highest BCUT2D eigenvalue weighted by atomic mass is 32.2. The van der Waals surface area contributed by atoms with Crippen molar-refractivity contribution in [2.45, 2.75) is 42.9 Å². The molecule has 2 aliphatic rings. The molecule has 0 saturated carbocycles. The molecule has 1 amide bonds. The minimum atomic E-state index is -4.63. The third-order valence-electron chi connectivity index (χ3n) is 5.08. The van der Waals surface area contributed by atoms with Gasteiger partial charge in [-0.1, -0.05) is 6.07 Å². The Morgan fingerprint density at radius 2 is 2.04 bits per heavy atom. The lowest BCUT2D eigenvalue weighted by atomic mass is 9.99. The van der Waals surface area contributed by atoms with Gasteiger partial charge in [-0.2, -0.15) is 17.5 Å². The average molecular weight is 420 g/mol. The first-order valence-electron chi connectivity index (χ1n) is 9.24. The van der Waals surface area contributed by atoms with Gasteiger partial charge in [0, 0.05) is 26.2 Å². The van der Waals surface area contributed by atoms with Gasteiger partial charge in [-0.15, -0.1) is 0 Å². The number of benzene rings is 1. The maximum Gasteiger partial charge on any atom is 0.416 e. The maximum atomic E-state index is 12.9. The number of carbonyl (C=O) groups is 1. The largest absolute Gasteiger partial charge is 0.416 e. The number of nitrogens with zero attached hydrogens (tertiary/aromatic N) is 1. The van der Waals surface area contributed by atoms with E-state index in [4.69, 9.17) is 4.74 Å². The van der Waals surface area contributed by atoms with Crippen molar-refractivity contribution in [3.63, 3.8) is 0 Å². The van der Waals surface area contributed by atoms with E-state index in [9.17, 15) is 26.4 Å². The Balaban J connectivity index is 1.68. The summed E-state index contributed by atoms with van der Waals surface area (Å²) >= 11 is 0. The van der Waals surface area contributed by atoms with Gasteiger partial charge in [0.25, 0.3) is 0 Å². The van der Waals surface area contributed by atoms with Gasteiger partial charge in [-0.25, -0.2) is 8.42 Å². The molecule has 0 bridgehead atoms. The fourth-order valence-corrected chi connectivity index (χ4v) is 5.09. The number of rotatable bonds is 5. The van der Waals surface area contributed by atoms with Crippen LogP contribution in [0.3, 0.4) is 0 Å². The van der Waals surface area contributed by atoms with Crippen molar-refractivity contribution in [3.05, 3.63) is 29.8 Å². The summed E-state index contributed by atoms with van der Waals surface area (Å²) in [4.78, 5) is 12.0. The van der Waals surface area contributed by atoms with Gasteiger partial charge in [-0.3, -0.25) is 4.79 Å². The molecule has 2 saturated heterocycles. The Hall–Kier alpha value is -1.65. The zero-order valence-corrected chi connectivity index (χ0v) is 16.1. The van der Waals surface area contributed by atoms with Crippen LogP contribution in [0, 0.1) is 5.92 Å². The lowest BCUT2D eigenvalue weighted by molar-refractivity contribution is -0.137. The smallest absolute Gasteiger partial charge is 0.376 e. The maximum absolute atomic E-state index is 12.9. The number of piperidine rings is 1. The van der Waals surface area contributed by atoms with Crippen LogP contribution in [0.15, 0.2) is 29.2 Å². The quantitative estimate of drug-likeness (QED) is 0.794. The summed E-state index contributed by atoms with van der Waals surface area (Å²) in [6.45, 7) is 1.19. The molecule has 0 spiro atoms. The van der Waals surface area contributed by atoms with Crippen LogP contribution in [0.2, 0.25) is 0 Å². The standard InChI is InChI=1S/C18H23F3N2O4S/c19-18(20,21)14-5-1-7-16(10-14)28(25,26)23-8-2-4-13(12-23)17(24)22-11-15-6-3-9-27-15/h1,5,7,10,13,15H,2-4,6,8-9,11-12H2,(H,22,24)/t13-,15-/m0/s1. The first kappa shape index (κ1) is 21.1. The number of ether oxygens (including phenoxy) is 1. The summed E-state index contributed by atoms with van der Waals surface area (Å²) < 4.78 is 70.9. The zero-order valence-electron chi connectivity index (χ0n) is 15.2. The number of hydrogen-bond acceptors (Lipinski definition) is 4. The van der Waals surface area contributed by atoms with E-state index in [-0.39, 0.29) is 25.1 Å². The van der Waals surface area contributed by atoms with Crippen LogP contribution in [0.4, 0.5) is 13.2 Å². The van der Waals surface area contributed by atoms with E-state index in [1.807, 2.05) is 0 Å². The van der Waals surface area contributed by atoms with E-state index in [0.29, 0.717) is 32.1 Å². The third-order valence-corrected chi connectivity index (χ3v) is 6.94. The number of halogens is 3. The Kier molecular flexibility index (Phi) is 6.31.